The Balaban J connectivity index is 5.19. The van der Waals surface area contributed by atoms with Crippen LogP contribution in [-0.2, 0) is 19.1 Å². The highest BCUT2D eigenvalue weighted by Gasteiger charge is 2.42. The molecular formula is C13H21NO6. The first-order valence-corrected chi connectivity index (χ1v) is 6.50. The fraction of sp³-hybridized carbons (Fsp3) is 0.769. The Labute approximate surface area is 117 Å². The van der Waals surface area contributed by atoms with E-state index in [4.69, 9.17) is 4.74 Å². The van der Waals surface area contributed by atoms with Gasteiger partial charge in [-0.05, 0) is 20.3 Å². The predicted molar refractivity (Wildman–Crippen MR) is 70.7 cm³/mol. The van der Waals surface area contributed by atoms with E-state index in [2.05, 4.69) is 0 Å². The van der Waals surface area contributed by atoms with Gasteiger partial charge in [-0.1, -0.05) is 6.92 Å². The van der Waals surface area contributed by atoms with E-state index in [1.807, 2.05) is 0 Å². The fourth-order valence-electron chi connectivity index (χ4n) is 2.12. The van der Waals surface area contributed by atoms with Gasteiger partial charge in [0.1, 0.15) is 12.1 Å². The summed E-state index contributed by atoms with van der Waals surface area (Å²) in [5.41, 5.74) is -1.08. The summed E-state index contributed by atoms with van der Waals surface area (Å²) in [6, 6.07) is 0. The standard InChI is InChI=1S/C13H21NO6/c1-4-20-12(17)8-11(9-14(18)19)13(3,10(2)16)6-5-7-15/h7,11H,4-6,8-9H2,1-3H3/t11-,13-/m0/s1. The Morgan fingerprint density at radius 1 is 1.45 bits per heavy atom. The monoisotopic (exact) mass is 287 g/mol. The topological polar surface area (TPSA) is 104 Å². The maximum atomic E-state index is 11.8. The molecule has 0 saturated heterocycles. The molecule has 0 aromatic heterocycles. The lowest BCUT2D eigenvalue weighted by molar-refractivity contribution is -0.491. The molecule has 7 heteroatoms. The molecule has 0 N–H and O–H groups in total. The molecule has 0 rings (SSSR count). The fourth-order valence-corrected chi connectivity index (χ4v) is 2.12. The van der Waals surface area contributed by atoms with E-state index in [0.717, 1.165) is 0 Å². The van der Waals surface area contributed by atoms with E-state index in [0.29, 0.717) is 6.29 Å². The first kappa shape index (κ1) is 18.2. The highest BCUT2D eigenvalue weighted by atomic mass is 16.6. The van der Waals surface area contributed by atoms with Gasteiger partial charge in [0.05, 0.1) is 13.0 Å². The minimum absolute atomic E-state index is 0.118. The Hall–Kier alpha value is -1.79. The largest absolute Gasteiger partial charge is 0.466 e. The summed E-state index contributed by atoms with van der Waals surface area (Å²) in [4.78, 5) is 44.1. The van der Waals surface area contributed by atoms with E-state index < -0.39 is 28.8 Å². The number of hydrogen-bond donors (Lipinski definition) is 0. The highest BCUT2D eigenvalue weighted by molar-refractivity contribution is 5.83. The van der Waals surface area contributed by atoms with Crippen molar-refractivity contribution < 1.29 is 24.0 Å². The molecule has 0 aromatic carbocycles. The number of ether oxygens (including phenoxy) is 1. The molecule has 0 heterocycles. The molecule has 0 unspecified atom stereocenters. The quantitative estimate of drug-likeness (QED) is 0.260. The molecule has 7 nitrogen and oxygen atoms in total. The second-order valence-corrected chi connectivity index (χ2v) is 4.90. The smallest absolute Gasteiger partial charge is 0.306 e. The minimum Gasteiger partial charge on any atom is -0.466 e. The van der Waals surface area contributed by atoms with Crippen LogP contribution >= 0.6 is 0 Å². The Kier molecular flexibility index (Phi) is 7.64. The van der Waals surface area contributed by atoms with Crippen LogP contribution in [0.15, 0.2) is 0 Å². The highest BCUT2D eigenvalue weighted by Crippen LogP contribution is 2.36. The summed E-state index contributed by atoms with van der Waals surface area (Å²) in [5.74, 6) is -1.62. The number of nitrogens with zero attached hydrogens (tertiary/aromatic N) is 1. The first-order chi connectivity index (χ1) is 9.27. The van der Waals surface area contributed by atoms with Crippen LogP contribution in [0.1, 0.15) is 40.0 Å². The molecule has 0 bridgehead atoms. The van der Waals surface area contributed by atoms with Crippen LogP contribution in [0.2, 0.25) is 0 Å². The Morgan fingerprint density at radius 2 is 2.05 bits per heavy atom. The average Bonchev–Trinajstić information content (AvgIpc) is 2.34. The number of aldehydes is 1. The van der Waals surface area contributed by atoms with E-state index >= 15 is 0 Å². The van der Waals surface area contributed by atoms with Gasteiger partial charge in [0.2, 0.25) is 6.54 Å². The van der Waals surface area contributed by atoms with Crippen molar-refractivity contribution in [1.82, 2.24) is 0 Å². The normalized spacial score (nSPS) is 14.9. The molecular weight excluding hydrogens is 266 g/mol. The molecule has 0 aromatic rings. The van der Waals surface area contributed by atoms with Gasteiger partial charge in [-0.15, -0.1) is 0 Å². The third-order valence-corrected chi connectivity index (χ3v) is 3.57. The van der Waals surface area contributed by atoms with Crippen LogP contribution in [0, 0.1) is 21.4 Å². The van der Waals surface area contributed by atoms with Crippen LogP contribution in [-0.4, -0.2) is 36.1 Å². The van der Waals surface area contributed by atoms with Crippen LogP contribution < -0.4 is 0 Å². The maximum absolute atomic E-state index is 11.8. The molecule has 20 heavy (non-hydrogen) atoms. The molecule has 0 aliphatic carbocycles. The predicted octanol–water partition coefficient (Wildman–Crippen LogP) is 1.41. The van der Waals surface area contributed by atoms with E-state index in [1.54, 1.807) is 13.8 Å². The number of rotatable bonds is 10. The number of carbonyl (C=O) groups excluding carboxylic acids is 3. The second kappa shape index (κ2) is 8.39. The van der Waals surface area contributed by atoms with Gasteiger partial charge in [0, 0.05) is 22.7 Å². The Bertz CT molecular complexity index is 381. The zero-order chi connectivity index (χ0) is 15.8. The molecule has 0 saturated carbocycles. The molecule has 0 radical (unpaired) electrons. The van der Waals surface area contributed by atoms with E-state index in [-0.39, 0.29) is 31.7 Å². The number of nitro groups is 1. The maximum Gasteiger partial charge on any atom is 0.306 e. The summed E-state index contributed by atoms with van der Waals surface area (Å²) in [6.07, 6.45) is 0.759. The van der Waals surface area contributed by atoms with Crippen molar-refractivity contribution in [3.05, 3.63) is 10.1 Å². The number of ketones is 1. The number of hydrogen-bond acceptors (Lipinski definition) is 6. The van der Waals surface area contributed by atoms with Crippen molar-refractivity contribution in [2.45, 2.75) is 40.0 Å². The van der Waals surface area contributed by atoms with Gasteiger partial charge in [-0.2, -0.15) is 0 Å². The van der Waals surface area contributed by atoms with Gasteiger partial charge in [-0.3, -0.25) is 19.7 Å². The molecule has 2 atom stereocenters. The second-order valence-electron chi connectivity index (χ2n) is 4.90. The van der Waals surface area contributed by atoms with Crippen molar-refractivity contribution in [1.29, 1.82) is 0 Å². The van der Waals surface area contributed by atoms with Gasteiger partial charge >= 0.3 is 5.97 Å². The van der Waals surface area contributed by atoms with Gasteiger partial charge < -0.3 is 9.53 Å². The Morgan fingerprint density at radius 3 is 2.45 bits per heavy atom. The zero-order valence-electron chi connectivity index (χ0n) is 12.1. The molecule has 0 aliphatic rings. The molecule has 0 aliphatic heterocycles. The van der Waals surface area contributed by atoms with Crippen molar-refractivity contribution in [3.8, 4) is 0 Å². The van der Waals surface area contributed by atoms with E-state index in [1.165, 1.54) is 6.92 Å². The van der Waals surface area contributed by atoms with Gasteiger partial charge in [0.25, 0.3) is 0 Å². The summed E-state index contributed by atoms with van der Waals surface area (Å²) >= 11 is 0. The average molecular weight is 287 g/mol. The van der Waals surface area contributed by atoms with E-state index in [9.17, 15) is 24.5 Å². The van der Waals surface area contributed by atoms with Crippen molar-refractivity contribution in [2.75, 3.05) is 13.2 Å². The summed E-state index contributed by atoms with van der Waals surface area (Å²) in [6.45, 7) is 4.19. The lowest BCUT2D eigenvalue weighted by atomic mass is 9.69. The SMILES string of the molecule is CCOC(=O)C[C@@H](C[N+](=O)[O-])[C@@](C)(CCC=O)C(C)=O. The summed E-state index contributed by atoms with van der Waals surface area (Å²) < 4.78 is 4.79. The minimum atomic E-state index is -1.08. The molecule has 114 valence electrons. The van der Waals surface area contributed by atoms with Gasteiger partial charge in [-0.25, -0.2) is 0 Å². The van der Waals surface area contributed by atoms with Crippen LogP contribution in [0.25, 0.3) is 0 Å². The number of esters is 1. The summed E-state index contributed by atoms with van der Waals surface area (Å²) in [5, 5.41) is 10.8. The van der Waals surface area contributed by atoms with Crippen molar-refractivity contribution in [2.24, 2.45) is 11.3 Å². The number of carbonyl (C=O) groups is 3. The van der Waals surface area contributed by atoms with Crippen LogP contribution in [0.4, 0.5) is 0 Å². The third kappa shape index (κ3) is 5.46. The van der Waals surface area contributed by atoms with Crippen LogP contribution in [0.5, 0.6) is 0 Å². The molecule has 0 amide bonds. The van der Waals surface area contributed by atoms with Crippen molar-refractivity contribution in [3.63, 3.8) is 0 Å². The third-order valence-electron chi connectivity index (χ3n) is 3.57. The molecule has 0 spiro atoms. The van der Waals surface area contributed by atoms with Crippen LogP contribution in [0.3, 0.4) is 0 Å². The lowest BCUT2D eigenvalue weighted by Gasteiger charge is -2.32. The lowest BCUT2D eigenvalue weighted by Crippen LogP contribution is -2.40. The van der Waals surface area contributed by atoms with Gasteiger partial charge in [0.15, 0.2) is 0 Å². The first-order valence-electron chi connectivity index (χ1n) is 6.50. The number of Topliss-reactive ketones (excluding diaryl/α,β-unsaturated/α-hetero) is 1. The molecule has 0 fully saturated rings. The van der Waals surface area contributed by atoms with Crippen molar-refractivity contribution >= 4 is 18.0 Å². The summed E-state index contributed by atoms with van der Waals surface area (Å²) in [7, 11) is 0. The zero-order valence-corrected chi connectivity index (χ0v) is 12.1.